The van der Waals surface area contributed by atoms with Gasteiger partial charge in [-0.2, -0.15) is 0 Å². The quantitative estimate of drug-likeness (QED) is 0.153. The lowest BCUT2D eigenvalue weighted by Gasteiger charge is -2.28. The summed E-state index contributed by atoms with van der Waals surface area (Å²) in [5, 5.41) is 9.95. The molecule has 60 heavy (non-hydrogen) atoms. The third kappa shape index (κ3) is 5.35. The molecule has 0 N–H and O–H groups in total. The van der Waals surface area contributed by atoms with Crippen molar-refractivity contribution in [2.45, 2.75) is 0 Å². The van der Waals surface area contributed by atoms with E-state index in [1.165, 1.54) is 93.0 Å². The van der Waals surface area contributed by atoms with Gasteiger partial charge < -0.3 is 9.30 Å². The number of fused-ring (bicyclic) bond motifs is 11. The molecule has 2 nitrogen and oxygen atoms in total. The smallest absolute Gasteiger partial charge is 0.0625 e. The van der Waals surface area contributed by atoms with E-state index in [0.29, 0.717) is 0 Å². The Morgan fingerprint density at radius 3 is 1.55 bits per heavy atom. The standard InChI is InChI=1S/C58H38N2/c1-3-16-39(17-4-1)40-30-34-44(35-31-40)59(55-38-43-20-7-8-21-46(43)48-22-9-10-23-49(48)55)45-36-32-41(33-37-45)47-27-15-29-54-57(47)50-24-11-12-25-51(50)58-56(42-18-5-2-6-19-42)52-26-13-14-28-53(52)60(54)58/h1-38H. The minimum Gasteiger partial charge on any atom is -0.310 e. The molecule has 0 aliphatic carbocycles. The maximum absolute atomic E-state index is 2.50. The Kier molecular flexibility index (Phi) is 7.89. The zero-order valence-corrected chi connectivity index (χ0v) is 32.8. The van der Waals surface area contributed by atoms with Crippen molar-refractivity contribution in [2.75, 3.05) is 4.90 Å². The molecule has 0 unspecified atom stereocenters. The van der Waals surface area contributed by atoms with Gasteiger partial charge in [-0.25, -0.2) is 0 Å². The van der Waals surface area contributed by atoms with Crippen LogP contribution in [-0.4, -0.2) is 4.40 Å². The van der Waals surface area contributed by atoms with Crippen LogP contribution in [0.15, 0.2) is 231 Å². The lowest BCUT2D eigenvalue weighted by atomic mass is 9.94. The van der Waals surface area contributed by atoms with Gasteiger partial charge in [-0.15, -0.1) is 0 Å². The zero-order chi connectivity index (χ0) is 39.6. The Morgan fingerprint density at radius 2 is 0.833 bits per heavy atom. The second-order valence-corrected chi connectivity index (χ2v) is 15.6. The lowest BCUT2D eigenvalue weighted by molar-refractivity contribution is 1.30. The highest BCUT2D eigenvalue weighted by molar-refractivity contribution is 6.24. The molecule has 280 valence electrons. The van der Waals surface area contributed by atoms with E-state index in [9.17, 15) is 0 Å². The highest BCUT2D eigenvalue weighted by atomic mass is 15.1. The molecule has 0 fully saturated rings. The summed E-state index contributed by atoms with van der Waals surface area (Å²) < 4.78 is 2.50. The molecular weight excluding hydrogens is 725 g/mol. The van der Waals surface area contributed by atoms with Crippen LogP contribution >= 0.6 is 0 Å². The van der Waals surface area contributed by atoms with Gasteiger partial charge in [0.2, 0.25) is 0 Å². The minimum atomic E-state index is 1.10. The molecule has 0 spiro atoms. The van der Waals surface area contributed by atoms with Gasteiger partial charge in [-0.05, 0) is 91.8 Å². The van der Waals surface area contributed by atoms with Crippen molar-refractivity contribution < 1.29 is 0 Å². The number of rotatable bonds is 6. The Bertz CT molecular complexity index is 3570. The molecule has 10 aromatic carbocycles. The van der Waals surface area contributed by atoms with Crippen molar-refractivity contribution in [1.29, 1.82) is 0 Å². The second kappa shape index (κ2) is 13.9. The molecule has 0 saturated heterocycles. The largest absolute Gasteiger partial charge is 0.310 e. The van der Waals surface area contributed by atoms with Gasteiger partial charge in [0.1, 0.15) is 0 Å². The first-order valence-corrected chi connectivity index (χ1v) is 20.7. The average Bonchev–Trinajstić information content (AvgIpc) is 3.68. The van der Waals surface area contributed by atoms with Gasteiger partial charge in [0.05, 0.1) is 22.2 Å². The van der Waals surface area contributed by atoms with E-state index in [-0.39, 0.29) is 0 Å². The topological polar surface area (TPSA) is 7.65 Å². The summed E-state index contributed by atoms with van der Waals surface area (Å²) in [4.78, 5) is 2.42. The van der Waals surface area contributed by atoms with E-state index >= 15 is 0 Å². The third-order valence-electron chi connectivity index (χ3n) is 12.3. The van der Waals surface area contributed by atoms with Crippen molar-refractivity contribution in [3.63, 3.8) is 0 Å². The Labute approximate surface area is 348 Å². The molecular formula is C58H38N2. The van der Waals surface area contributed by atoms with Crippen molar-refractivity contribution in [2.24, 2.45) is 0 Å². The summed E-state index contributed by atoms with van der Waals surface area (Å²) in [6.45, 7) is 0. The summed E-state index contributed by atoms with van der Waals surface area (Å²) in [5.74, 6) is 0. The van der Waals surface area contributed by atoms with Gasteiger partial charge in [0.25, 0.3) is 0 Å². The molecule has 12 rings (SSSR count). The zero-order valence-electron chi connectivity index (χ0n) is 32.8. The predicted octanol–water partition coefficient (Wildman–Crippen LogP) is 16.2. The first-order chi connectivity index (χ1) is 29.8. The fraction of sp³-hybridized carbons (Fsp3) is 0. The van der Waals surface area contributed by atoms with Crippen molar-refractivity contribution >= 4 is 76.7 Å². The molecule has 2 heterocycles. The van der Waals surface area contributed by atoms with Crippen LogP contribution in [0.5, 0.6) is 0 Å². The van der Waals surface area contributed by atoms with Crippen LogP contribution in [0.2, 0.25) is 0 Å². The van der Waals surface area contributed by atoms with Gasteiger partial charge in [0, 0.05) is 38.5 Å². The van der Waals surface area contributed by atoms with Crippen LogP contribution in [0.25, 0.3) is 93.0 Å². The number of pyridine rings is 1. The maximum Gasteiger partial charge on any atom is 0.0625 e. The molecule has 2 heteroatoms. The fourth-order valence-corrected chi connectivity index (χ4v) is 9.67. The Hall–Kier alpha value is -7.94. The monoisotopic (exact) mass is 762 g/mol. The van der Waals surface area contributed by atoms with E-state index in [2.05, 4.69) is 240 Å². The molecule has 0 bridgehead atoms. The molecule has 0 aliphatic heterocycles. The summed E-state index contributed by atoms with van der Waals surface area (Å²) in [6, 6.07) is 84.1. The summed E-state index contributed by atoms with van der Waals surface area (Å²) in [5.41, 5.74) is 14.3. The van der Waals surface area contributed by atoms with Crippen LogP contribution in [-0.2, 0) is 0 Å². The average molecular weight is 763 g/mol. The summed E-state index contributed by atoms with van der Waals surface area (Å²) in [7, 11) is 0. The second-order valence-electron chi connectivity index (χ2n) is 15.6. The fourth-order valence-electron chi connectivity index (χ4n) is 9.67. The van der Waals surface area contributed by atoms with Crippen LogP contribution < -0.4 is 4.90 Å². The number of hydrogen-bond acceptors (Lipinski definition) is 1. The van der Waals surface area contributed by atoms with E-state index in [4.69, 9.17) is 0 Å². The molecule has 0 amide bonds. The van der Waals surface area contributed by atoms with Crippen LogP contribution in [0.4, 0.5) is 17.1 Å². The number of para-hydroxylation sites is 1. The Morgan fingerprint density at radius 1 is 0.317 bits per heavy atom. The van der Waals surface area contributed by atoms with Gasteiger partial charge in [-0.3, -0.25) is 0 Å². The van der Waals surface area contributed by atoms with E-state index in [1.807, 2.05) is 0 Å². The predicted molar refractivity (Wildman–Crippen MR) is 256 cm³/mol. The van der Waals surface area contributed by atoms with Gasteiger partial charge in [-0.1, -0.05) is 188 Å². The third-order valence-corrected chi connectivity index (χ3v) is 12.3. The molecule has 0 radical (unpaired) electrons. The molecule has 0 saturated carbocycles. The Balaban J connectivity index is 1.07. The highest BCUT2D eigenvalue weighted by Gasteiger charge is 2.22. The number of aromatic nitrogens is 1. The minimum absolute atomic E-state index is 1.10. The molecule has 0 atom stereocenters. The van der Waals surface area contributed by atoms with E-state index in [0.717, 1.165) is 17.1 Å². The van der Waals surface area contributed by atoms with Crippen LogP contribution in [0.3, 0.4) is 0 Å². The summed E-state index contributed by atoms with van der Waals surface area (Å²) in [6.07, 6.45) is 0. The number of nitrogens with zero attached hydrogens (tertiary/aromatic N) is 2. The van der Waals surface area contributed by atoms with Gasteiger partial charge in [0.15, 0.2) is 0 Å². The van der Waals surface area contributed by atoms with Gasteiger partial charge >= 0.3 is 0 Å². The first-order valence-electron chi connectivity index (χ1n) is 20.7. The lowest BCUT2D eigenvalue weighted by Crippen LogP contribution is -2.10. The van der Waals surface area contributed by atoms with Crippen LogP contribution in [0.1, 0.15) is 0 Å². The molecule has 0 aliphatic rings. The van der Waals surface area contributed by atoms with Crippen molar-refractivity contribution in [3.05, 3.63) is 231 Å². The highest BCUT2D eigenvalue weighted by Crippen LogP contribution is 2.46. The molecule has 12 aromatic rings. The first kappa shape index (κ1) is 34.1. The molecule has 2 aromatic heterocycles. The number of hydrogen-bond donors (Lipinski definition) is 0. The maximum atomic E-state index is 2.50. The van der Waals surface area contributed by atoms with Crippen LogP contribution in [0, 0.1) is 0 Å². The number of anilines is 3. The number of benzene rings is 10. The summed E-state index contributed by atoms with van der Waals surface area (Å²) >= 11 is 0. The van der Waals surface area contributed by atoms with Crippen molar-refractivity contribution in [3.8, 4) is 33.4 Å². The van der Waals surface area contributed by atoms with E-state index in [1.54, 1.807) is 0 Å². The SMILES string of the molecule is c1ccc(-c2ccc(N(c3ccc(-c4cccc5c4c4ccccc4c4c(-c6ccccc6)c6ccccc6n54)cc3)c3cc4ccccc4c4ccccc34)cc2)cc1. The normalized spacial score (nSPS) is 11.7. The van der Waals surface area contributed by atoms with Crippen molar-refractivity contribution in [1.82, 2.24) is 4.40 Å². The van der Waals surface area contributed by atoms with E-state index < -0.39 is 0 Å².